The van der Waals surface area contributed by atoms with E-state index >= 15 is 0 Å². The van der Waals surface area contributed by atoms with E-state index in [-0.39, 0.29) is 30.0 Å². The van der Waals surface area contributed by atoms with Crippen molar-refractivity contribution in [2.75, 3.05) is 25.9 Å². The van der Waals surface area contributed by atoms with Crippen LogP contribution in [-0.2, 0) is 0 Å². The minimum Gasteiger partial charge on any atom is -0.497 e. The Balaban J connectivity index is 0.00000243. The summed E-state index contributed by atoms with van der Waals surface area (Å²) in [6.45, 7) is 1.17. The monoisotopic (exact) mass is 374 g/mol. The SMILES string of the molecule is COc1ccc(C(=O)C2CCN(C(=O)c3cccc(N)c3)CC2)cc1.Cl. The van der Waals surface area contributed by atoms with E-state index in [9.17, 15) is 9.59 Å². The van der Waals surface area contributed by atoms with Crippen molar-refractivity contribution >= 4 is 29.8 Å². The molecular formula is C20H23ClN2O3. The number of benzene rings is 2. The predicted octanol–water partition coefficient (Wildman–Crippen LogP) is 3.43. The molecule has 0 saturated carbocycles. The predicted molar refractivity (Wildman–Crippen MR) is 104 cm³/mol. The Labute approximate surface area is 159 Å². The van der Waals surface area contributed by atoms with Gasteiger partial charge >= 0.3 is 0 Å². The molecule has 138 valence electrons. The summed E-state index contributed by atoms with van der Waals surface area (Å²) in [5.41, 5.74) is 7.62. The number of amides is 1. The van der Waals surface area contributed by atoms with Crippen molar-refractivity contribution in [2.24, 2.45) is 5.92 Å². The summed E-state index contributed by atoms with van der Waals surface area (Å²) in [5, 5.41) is 0. The highest BCUT2D eigenvalue weighted by molar-refractivity contribution is 5.98. The molecular weight excluding hydrogens is 352 g/mol. The Bertz CT molecular complexity index is 769. The van der Waals surface area contributed by atoms with Crippen LogP contribution in [0.2, 0.25) is 0 Å². The molecule has 3 rings (SSSR count). The number of nitrogens with zero attached hydrogens (tertiary/aromatic N) is 1. The third kappa shape index (κ3) is 4.35. The lowest BCUT2D eigenvalue weighted by molar-refractivity contribution is 0.0650. The molecule has 1 aliphatic heterocycles. The number of nitrogen functional groups attached to an aromatic ring is 1. The minimum atomic E-state index is -0.0433. The smallest absolute Gasteiger partial charge is 0.253 e. The number of carbonyl (C=O) groups is 2. The summed E-state index contributed by atoms with van der Waals surface area (Å²) >= 11 is 0. The number of halogens is 1. The van der Waals surface area contributed by atoms with Gasteiger partial charge in [0.15, 0.2) is 5.78 Å². The Morgan fingerprint density at radius 2 is 1.69 bits per heavy atom. The normalized spacial score (nSPS) is 14.4. The number of piperidine rings is 1. The van der Waals surface area contributed by atoms with Gasteiger partial charge in [-0.3, -0.25) is 9.59 Å². The van der Waals surface area contributed by atoms with E-state index in [0.717, 1.165) is 5.75 Å². The van der Waals surface area contributed by atoms with Crippen molar-refractivity contribution < 1.29 is 14.3 Å². The molecule has 26 heavy (non-hydrogen) atoms. The highest BCUT2D eigenvalue weighted by Gasteiger charge is 2.28. The van der Waals surface area contributed by atoms with Crippen molar-refractivity contribution in [1.29, 1.82) is 0 Å². The fraction of sp³-hybridized carbons (Fsp3) is 0.300. The Morgan fingerprint density at radius 1 is 1.04 bits per heavy atom. The van der Waals surface area contributed by atoms with E-state index in [2.05, 4.69) is 0 Å². The lowest BCUT2D eigenvalue weighted by Gasteiger charge is -2.31. The van der Waals surface area contributed by atoms with Gasteiger partial charge in [0.2, 0.25) is 0 Å². The first-order chi connectivity index (χ1) is 12.1. The zero-order valence-corrected chi connectivity index (χ0v) is 15.5. The maximum Gasteiger partial charge on any atom is 0.253 e. The maximum atomic E-state index is 12.6. The number of nitrogens with two attached hydrogens (primary N) is 1. The summed E-state index contributed by atoms with van der Waals surface area (Å²) < 4.78 is 5.12. The number of carbonyl (C=O) groups excluding carboxylic acids is 2. The van der Waals surface area contributed by atoms with Gasteiger partial charge in [-0.15, -0.1) is 12.4 Å². The molecule has 0 bridgehead atoms. The van der Waals surface area contributed by atoms with E-state index < -0.39 is 0 Å². The molecule has 1 saturated heterocycles. The van der Waals surface area contributed by atoms with Gasteiger partial charge in [-0.05, 0) is 55.3 Å². The van der Waals surface area contributed by atoms with Gasteiger partial charge in [-0.1, -0.05) is 6.07 Å². The maximum absolute atomic E-state index is 12.6. The second kappa shape index (κ2) is 8.72. The highest BCUT2D eigenvalue weighted by atomic mass is 35.5. The number of ether oxygens (including phenoxy) is 1. The fourth-order valence-corrected chi connectivity index (χ4v) is 3.19. The van der Waals surface area contributed by atoms with E-state index in [1.807, 2.05) is 0 Å². The van der Waals surface area contributed by atoms with Crippen molar-refractivity contribution in [2.45, 2.75) is 12.8 Å². The van der Waals surface area contributed by atoms with Crippen LogP contribution in [0.5, 0.6) is 5.75 Å². The zero-order valence-electron chi connectivity index (χ0n) is 14.7. The van der Waals surface area contributed by atoms with Crippen LogP contribution in [0.3, 0.4) is 0 Å². The van der Waals surface area contributed by atoms with Crippen LogP contribution in [0.25, 0.3) is 0 Å². The molecule has 6 heteroatoms. The molecule has 0 radical (unpaired) electrons. The molecule has 0 aliphatic carbocycles. The van der Waals surface area contributed by atoms with Gasteiger partial charge in [0.25, 0.3) is 5.91 Å². The first-order valence-corrected chi connectivity index (χ1v) is 8.41. The number of hydrogen-bond acceptors (Lipinski definition) is 4. The van der Waals surface area contributed by atoms with Crippen LogP contribution >= 0.6 is 12.4 Å². The van der Waals surface area contributed by atoms with Gasteiger partial charge in [0, 0.05) is 35.8 Å². The van der Waals surface area contributed by atoms with Gasteiger partial charge in [0.05, 0.1) is 7.11 Å². The number of anilines is 1. The molecule has 1 fully saturated rings. The average molecular weight is 375 g/mol. The molecule has 5 nitrogen and oxygen atoms in total. The lowest BCUT2D eigenvalue weighted by atomic mass is 9.88. The van der Waals surface area contributed by atoms with Crippen LogP contribution in [-0.4, -0.2) is 36.8 Å². The molecule has 1 amide bonds. The topological polar surface area (TPSA) is 72.6 Å². The number of rotatable bonds is 4. The van der Waals surface area contributed by atoms with E-state index in [1.54, 1.807) is 60.5 Å². The zero-order chi connectivity index (χ0) is 17.8. The van der Waals surface area contributed by atoms with Crippen LogP contribution in [0.1, 0.15) is 33.6 Å². The number of hydrogen-bond donors (Lipinski definition) is 1. The van der Waals surface area contributed by atoms with Gasteiger partial charge in [-0.25, -0.2) is 0 Å². The largest absolute Gasteiger partial charge is 0.497 e. The summed E-state index contributed by atoms with van der Waals surface area (Å²) in [7, 11) is 1.60. The van der Waals surface area contributed by atoms with Crippen molar-refractivity contribution in [3.8, 4) is 5.75 Å². The van der Waals surface area contributed by atoms with Gasteiger partial charge in [0.1, 0.15) is 5.75 Å². The summed E-state index contributed by atoms with van der Waals surface area (Å²) in [4.78, 5) is 27.0. The number of likely N-dealkylation sites (tertiary alicyclic amines) is 1. The van der Waals surface area contributed by atoms with E-state index in [4.69, 9.17) is 10.5 Å². The van der Waals surface area contributed by atoms with Crippen LogP contribution < -0.4 is 10.5 Å². The third-order valence-electron chi connectivity index (χ3n) is 4.66. The van der Waals surface area contributed by atoms with Crippen LogP contribution in [0.15, 0.2) is 48.5 Å². The van der Waals surface area contributed by atoms with E-state index in [0.29, 0.717) is 42.7 Å². The molecule has 0 spiro atoms. The Kier molecular flexibility index (Phi) is 6.64. The molecule has 0 unspecified atom stereocenters. The number of Topliss-reactive ketones (excluding diaryl/α,β-unsaturated/α-hetero) is 1. The molecule has 1 aliphatic rings. The summed E-state index contributed by atoms with van der Waals surface area (Å²) in [6, 6.07) is 14.2. The quantitative estimate of drug-likeness (QED) is 0.657. The summed E-state index contributed by atoms with van der Waals surface area (Å²) in [6.07, 6.45) is 1.36. The van der Waals surface area contributed by atoms with Crippen molar-refractivity contribution in [3.05, 3.63) is 59.7 Å². The first kappa shape index (κ1) is 19.8. The van der Waals surface area contributed by atoms with Crippen LogP contribution in [0, 0.1) is 5.92 Å². The fourth-order valence-electron chi connectivity index (χ4n) is 3.19. The van der Waals surface area contributed by atoms with Crippen LogP contribution in [0.4, 0.5) is 5.69 Å². The highest BCUT2D eigenvalue weighted by Crippen LogP contribution is 2.24. The molecule has 2 aromatic rings. The average Bonchev–Trinajstić information content (AvgIpc) is 2.67. The third-order valence-corrected chi connectivity index (χ3v) is 4.66. The van der Waals surface area contributed by atoms with E-state index in [1.165, 1.54) is 0 Å². The second-order valence-electron chi connectivity index (χ2n) is 6.28. The van der Waals surface area contributed by atoms with Gasteiger partial charge in [-0.2, -0.15) is 0 Å². The molecule has 0 aromatic heterocycles. The number of ketones is 1. The number of methoxy groups -OCH3 is 1. The van der Waals surface area contributed by atoms with Gasteiger partial charge < -0.3 is 15.4 Å². The molecule has 2 aromatic carbocycles. The molecule has 0 atom stereocenters. The standard InChI is InChI=1S/C20H22N2O3.ClH/c1-25-18-7-5-14(6-8-18)19(23)15-9-11-22(12-10-15)20(24)16-3-2-4-17(21)13-16;/h2-8,13,15H,9-12,21H2,1H3;1H. The minimum absolute atomic E-state index is 0. The molecule has 1 heterocycles. The van der Waals surface area contributed by atoms with Crippen molar-refractivity contribution in [3.63, 3.8) is 0 Å². The Morgan fingerprint density at radius 3 is 2.27 bits per heavy atom. The summed E-state index contributed by atoms with van der Waals surface area (Å²) in [5.74, 6) is 0.804. The lowest BCUT2D eigenvalue weighted by Crippen LogP contribution is -2.40. The van der Waals surface area contributed by atoms with Crippen molar-refractivity contribution in [1.82, 2.24) is 4.90 Å². The first-order valence-electron chi connectivity index (χ1n) is 8.41. The second-order valence-corrected chi connectivity index (χ2v) is 6.28. The molecule has 2 N–H and O–H groups in total. The Hall–Kier alpha value is -2.53.